The van der Waals surface area contributed by atoms with Crippen molar-refractivity contribution in [2.75, 3.05) is 0 Å². The Labute approximate surface area is 123 Å². The van der Waals surface area contributed by atoms with Crippen LogP contribution in [0.25, 0.3) is 0 Å². The normalized spacial score (nSPS) is 12.2. The monoisotopic (exact) mass is 282 g/mol. The number of aromatic amines is 1. The summed E-state index contributed by atoms with van der Waals surface area (Å²) in [7, 11) is 0. The van der Waals surface area contributed by atoms with Crippen LogP contribution < -0.4 is 0 Å². The largest absolute Gasteiger partial charge is 0.348 e. The number of nitrogens with one attached hydrogen (secondary N) is 1. The third-order valence-corrected chi connectivity index (χ3v) is 3.81. The molecule has 1 heterocycles. The zero-order valence-electron chi connectivity index (χ0n) is 11.0. The number of imidazole rings is 1. The fourth-order valence-electron chi connectivity index (χ4n) is 2.47. The van der Waals surface area contributed by atoms with Crippen LogP contribution in [-0.2, 0) is 6.42 Å². The summed E-state index contributed by atoms with van der Waals surface area (Å²) in [4.78, 5) is 7.27. The molecule has 100 valence electrons. The molecule has 2 aromatic carbocycles. The van der Waals surface area contributed by atoms with Gasteiger partial charge in [0.25, 0.3) is 0 Å². The molecule has 0 saturated carbocycles. The highest BCUT2D eigenvalue weighted by atomic mass is 35.5. The molecule has 1 unspecified atom stereocenters. The van der Waals surface area contributed by atoms with Crippen molar-refractivity contribution in [3.63, 3.8) is 0 Å². The maximum atomic E-state index is 6.38. The van der Waals surface area contributed by atoms with Crippen molar-refractivity contribution < 1.29 is 0 Å². The van der Waals surface area contributed by atoms with Gasteiger partial charge in [0.15, 0.2) is 0 Å². The van der Waals surface area contributed by atoms with Gasteiger partial charge in [-0.3, -0.25) is 0 Å². The van der Waals surface area contributed by atoms with E-state index in [4.69, 9.17) is 11.6 Å². The van der Waals surface area contributed by atoms with E-state index in [9.17, 15) is 0 Å². The van der Waals surface area contributed by atoms with Crippen LogP contribution in [0.15, 0.2) is 67.1 Å². The summed E-state index contributed by atoms with van der Waals surface area (Å²) in [6, 6.07) is 18.5. The molecule has 0 aliphatic carbocycles. The molecule has 3 heteroatoms. The molecular weight excluding hydrogens is 268 g/mol. The molecule has 0 fully saturated rings. The molecule has 20 heavy (non-hydrogen) atoms. The van der Waals surface area contributed by atoms with Crippen molar-refractivity contribution in [1.82, 2.24) is 9.97 Å². The Hall–Kier alpha value is -2.06. The Kier molecular flexibility index (Phi) is 3.84. The fourth-order valence-corrected chi connectivity index (χ4v) is 2.73. The first kappa shape index (κ1) is 12.9. The maximum Gasteiger partial charge on any atom is 0.0921 e. The van der Waals surface area contributed by atoms with E-state index < -0.39 is 0 Å². The maximum absolute atomic E-state index is 6.38. The molecule has 1 aromatic heterocycles. The van der Waals surface area contributed by atoms with E-state index >= 15 is 0 Å². The molecule has 0 aliphatic rings. The summed E-state index contributed by atoms with van der Waals surface area (Å²) in [5, 5.41) is 0.806. The highest BCUT2D eigenvalue weighted by molar-refractivity contribution is 6.31. The average Bonchev–Trinajstić information content (AvgIpc) is 3.00. The number of hydrogen-bond donors (Lipinski definition) is 1. The minimum atomic E-state index is 0.227. The van der Waals surface area contributed by atoms with Crippen LogP contribution in [0.1, 0.15) is 22.7 Å². The average molecular weight is 283 g/mol. The molecule has 1 atom stereocenters. The first-order valence-electron chi connectivity index (χ1n) is 6.61. The van der Waals surface area contributed by atoms with Crippen LogP contribution in [0.5, 0.6) is 0 Å². The summed E-state index contributed by atoms with van der Waals surface area (Å²) in [6.07, 6.45) is 4.44. The molecule has 0 amide bonds. The quantitative estimate of drug-likeness (QED) is 0.753. The van der Waals surface area contributed by atoms with Crippen LogP contribution in [0.2, 0.25) is 5.02 Å². The summed E-state index contributed by atoms with van der Waals surface area (Å²) < 4.78 is 0. The minimum Gasteiger partial charge on any atom is -0.348 e. The second-order valence-corrected chi connectivity index (χ2v) is 5.17. The lowest BCUT2D eigenvalue weighted by Gasteiger charge is -2.18. The second-order valence-electron chi connectivity index (χ2n) is 4.77. The molecule has 0 saturated heterocycles. The zero-order valence-corrected chi connectivity index (χ0v) is 11.7. The number of halogens is 1. The van der Waals surface area contributed by atoms with Crippen LogP contribution >= 0.6 is 11.6 Å². The van der Waals surface area contributed by atoms with Gasteiger partial charge < -0.3 is 4.98 Å². The minimum absolute atomic E-state index is 0.227. The molecule has 3 aromatic rings. The first-order valence-corrected chi connectivity index (χ1v) is 6.99. The van der Waals surface area contributed by atoms with Gasteiger partial charge in [-0.2, -0.15) is 0 Å². The molecule has 0 aliphatic heterocycles. The first-order chi connectivity index (χ1) is 9.84. The van der Waals surface area contributed by atoms with Crippen molar-refractivity contribution in [2.24, 2.45) is 0 Å². The van der Waals surface area contributed by atoms with E-state index in [1.807, 2.05) is 30.5 Å². The Morgan fingerprint density at radius 1 is 1.00 bits per heavy atom. The highest BCUT2D eigenvalue weighted by Crippen LogP contribution is 2.32. The fraction of sp³-hybridized carbons (Fsp3) is 0.118. The summed E-state index contributed by atoms with van der Waals surface area (Å²) in [5.41, 5.74) is 3.52. The van der Waals surface area contributed by atoms with Gasteiger partial charge >= 0.3 is 0 Å². The smallest absolute Gasteiger partial charge is 0.0921 e. The highest BCUT2D eigenvalue weighted by Gasteiger charge is 2.17. The second kappa shape index (κ2) is 5.93. The molecule has 3 rings (SSSR count). The van der Waals surface area contributed by atoms with Crippen molar-refractivity contribution in [3.8, 4) is 0 Å². The van der Waals surface area contributed by atoms with Gasteiger partial charge in [-0.05, 0) is 17.2 Å². The van der Waals surface area contributed by atoms with Crippen molar-refractivity contribution in [3.05, 3.63) is 89.0 Å². The number of hydrogen-bond acceptors (Lipinski definition) is 1. The third kappa shape index (κ3) is 2.75. The molecular formula is C17H15ClN2. The SMILES string of the molecule is Clc1ccccc1C(Cc1cnc[nH]1)c1ccccc1. The number of H-pyrrole nitrogens is 1. The van der Waals surface area contributed by atoms with Gasteiger partial charge in [0.1, 0.15) is 0 Å². The van der Waals surface area contributed by atoms with Crippen molar-refractivity contribution >= 4 is 11.6 Å². The van der Waals surface area contributed by atoms with Gasteiger partial charge in [0.05, 0.1) is 6.33 Å². The van der Waals surface area contributed by atoms with Gasteiger partial charge in [0.2, 0.25) is 0 Å². The number of nitrogens with zero attached hydrogens (tertiary/aromatic N) is 1. The lowest BCUT2D eigenvalue weighted by atomic mass is 9.87. The van der Waals surface area contributed by atoms with Crippen LogP contribution in [0.4, 0.5) is 0 Å². The lowest BCUT2D eigenvalue weighted by Crippen LogP contribution is -2.06. The standard InChI is InChI=1S/C17H15ClN2/c18-17-9-5-4-8-15(17)16(10-14-11-19-12-20-14)13-6-2-1-3-7-13/h1-9,11-12,16H,10H2,(H,19,20). The summed E-state index contributed by atoms with van der Waals surface area (Å²) in [6.45, 7) is 0. The Balaban J connectivity index is 2.02. The predicted molar refractivity (Wildman–Crippen MR) is 82.0 cm³/mol. The van der Waals surface area contributed by atoms with Gasteiger partial charge in [0, 0.05) is 29.3 Å². The van der Waals surface area contributed by atoms with Crippen LogP contribution in [-0.4, -0.2) is 9.97 Å². The molecule has 0 radical (unpaired) electrons. The van der Waals surface area contributed by atoms with E-state index in [1.165, 1.54) is 5.56 Å². The number of benzene rings is 2. The predicted octanol–water partition coefficient (Wildman–Crippen LogP) is 4.44. The van der Waals surface area contributed by atoms with Gasteiger partial charge in [-0.15, -0.1) is 0 Å². The third-order valence-electron chi connectivity index (χ3n) is 3.46. The van der Waals surface area contributed by atoms with Gasteiger partial charge in [-0.25, -0.2) is 4.98 Å². The van der Waals surface area contributed by atoms with E-state index in [0.717, 1.165) is 22.7 Å². The van der Waals surface area contributed by atoms with Crippen LogP contribution in [0.3, 0.4) is 0 Å². The molecule has 0 bridgehead atoms. The summed E-state index contributed by atoms with van der Waals surface area (Å²) in [5.74, 6) is 0.227. The van der Waals surface area contributed by atoms with E-state index in [1.54, 1.807) is 6.33 Å². The van der Waals surface area contributed by atoms with E-state index in [0.29, 0.717) is 0 Å². The topological polar surface area (TPSA) is 28.7 Å². The van der Waals surface area contributed by atoms with E-state index in [-0.39, 0.29) is 5.92 Å². The summed E-state index contributed by atoms with van der Waals surface area (Å²) >= 11 is 6.38. The molecule has 0 spiro atoms. The number of rotatable bonds is 4. The number of aromatic nitrogens is 2. The zero-order chi connectivity index (χ0) is 13.8. The Bertz CT molecular complexity index is 662. The molecule has 1 N–H and O–H groups in total. The van der Waals surface area contributed by atoms with Crippen LogP contribution in [0, 0.1) is 0 Å². The Morgan fingerprint density at radius 3 is 2.45 bits per heavy atom. The van der Waals surface area contributed by atoms with E-state index in [2.05, 4.69) is 40.3 Å². The van der Waals surface area contributed by atoms with Crippen molar-refractivity contribution in [2.45, 2.75) is 12.3 Å². The molecule has 2 nitrogen and oxygen atoms in total. The van der Waals surface area contributed by atoms with Crippen molar-refractivity contribution in [1.29, 1.82) is 0 Å². The van der Waals surface area contributed by atoms with Gasteiger partial charge in [-0.1, -0.05) is 60.1 Å². The lowest BCUT2D eigenvalue weighted by molar-refractivity contribution is 0.788. The Morgan fingerprint density at radius 2 is 1.75 bits per heavy atom.